The van der Waals surface area contributed by atoms with Crippen LogP contribution in [0.3, 0.4) is 0 Å². The summed E-state index contributed by atoms with van der Waals surface area (Å²) in [5.41, 5.74) is 1.50. The second kappa shape index (κ2) is 9.47. The maximum atomic E-state index is 15.0. The van der Waals surface area contributed by atoms with E-state index in [1.807, 2.05) is 13.8 Å². The number of anilines is 1. The highest BCUT2D eigenvalue weighted by Gasteiger charge is 2.32. The van der Waals surface area contributed by atoms with Crippen molar-refractivity contribution in [2.75, 3.05) is 58.3 Å². The lowest BCUT2D eigenvalue weighted by Crippen LogP contribution is -2.62. The van der Waals surface area contributed by atoms with Gasteiger partial charge in [0.05, 0.1) is 23.8 Å². The van der Waals surface area contributed by atoms with E-state index in [1.54, 1.807) is 6.07 Å². The summed E-state index contributed by atoms with van der Waals surface area (Å²) < 4.78 is 21.8. The Balaban J connectivity index is 1.54. The molecule has 3 heterocycles. The number of fused-ring (bicyclic) bond motifs is 1. The second-order valence-electron chi connectivity index (χ2n) is 8.99. The van der Waals surface area contributed by atoms with E-state index in [2.05, 4.69) is 38.6 Å². The number of hydrogen-bond donors (Lipinski definition) is 0. The largest absolute Gasteiger partial charge is 0.468 e. The van der Waals surface area contributed by atoms with Crippen LogP contribution >= 0.6 is 0 Å². The van der Waals surface area contributed by atoms with Crippen molar-refractivity contribution in [3.8, 4) is 17.9 Å². The summed E-state index contributed by atoms with van der Waals surface area (Å²) in [7, 11) is 3.60. The number of likely N-dealkylation sites (tertiary alicyclic amines) is 1. The van der Waals surface area contributed by atoms with Gasteiger partial charge in [0.1, 0.15) is 5.82 Å². The van der Waals surface area contributed by atoms with Gasteiger partial charge >= 0.3 is 6.01 Å². The molecule has 2 saturated heterocycles. The minimum atomic E-state index is -0.322. The number of imidazole rings is 1. The first-order valence-electron chi connectivity index (χ1n) is 11.3. The quantitative estimate of drug-likeness (QED) is 0.665. The Morgan fingerprint density at radius 2 is 1.97 bits per heavy atom. The smallest absolute Gasteiger partial charge is 0.304 e. The van der Waals surface area contributed by atoms with Crippen LogP contribution in [0.2, 0.25) is 0 Å². The Bertz CT molecular complexity index is 1040. The number of aromatic nitrogens is 2. The number of benzene rings is 1. The minimum absolute atomic E-state index is 0.154. The molecule has 0 spiro atoms. The van der Waals surface area contributed by atoms with Gasteiger partial charge in [0.25, 0.3) is 0 Å². The van der Waals surface area contributed by atoms with Crippen LogP contribution in [0.1, 0.15) is 31.5 Å². The van der Waals surface area contributed by atoms with Gasteiger partial charge in [-0.15, -0.1) is 11.8 Å². The lowest BCUT2D eigenvalue weighted by Gasteiger charge is -2.47. The van der Waals surface area contributed by atoms with Gasteiger partial charge < -0.3 is 14.5 Å². The zero-order valence-corrected chi connectivity index (χ0v) is 19.4. The number of hydrogen-bond acceptors (Lipinski definition) is 6. The van der Waals surface area contributed by atoms with Crippen LogP contribution < -0.4 is 9.64 Å². The van der Waals surface area contributed by atoms with Crippen LogP contribution in [0.5, 0.6) is 6.01 Å². The molecule has 0 amide bonds. The molecule has 172 valence electrons. The van der Waals surface area contributed by atoms with Crippen molar-refractivity contribution in [3.63, 3.8) is 0 Å². The first-order valence-corrected chi connectivity index (χ1v) is 11.3. The van der Waals surface area contributed by atoms with Crippen molar-refractivity contribution in [2.45, 2.75) is 32.7 Å². The molecule has 0 unspecified atom stereocenters. The molecule has 2 aliphatic rings. The number of carbonyl (C=O) groups excluding carboxylic acids is 1. The summed E-state index contributed by atoms with van der Waals surface area (Å²) in [6.07, 6.45) is 0.717. The third-order valence-electron chi connectivity index (χ3n) is 6.20. The molecular formula is C24H32FN5O2. The number of ether oxygens (including phenoxy) is 1. The maximum absolute atomic E-state index is 15.0. The summed E-state index contributed by atoms with van der Waals surface area (Å²) in [4.78, 5) is 24.2. The Kier molecular flexibility index (Phi) is 6.68. The highest BCUT2D eigenvalue weighted by molar-refractivity contribution is 5.93. The first-order chi connectivity index (χ1) is 15.4. The Hall–Kier alpha value is -2.63. The molecule has 0 aliphatic carbocycles. The number of carbonyl (C=O) groups is 1. The summed E-state index contributed by atoms with van der Waals surface area (Å²) >= 11 is 0. The van der Waals surface area contributed by atoms with Crippen LogP contribution in [0.15, 0.2) is 12.1 Å². The van der Waals surface area contributed by atoms with Crippen molar-refractivity contribution in [3.05, 3.63) is 17.9 Å². The fourth-order valence-electron chi connectivity index (χ4n) is 4.47. The van der Waals surface area contributed by atoms with E-state index in [1.165, 1.54) is 17.7 Å². The van der Waals surface area contributed by atoms with Gasteiger partial charge in [0, 0.05) is 70.1 Å². The third-order valence-corrected chi connectivity index (χ3v) is 6.20. The average molecular weight is 442 g/mol. The molecule has 0 N–H and O–H groups in total. The zero-order valence-electron chi connectivity index (χ0n) is 19.4. The number of nitrogens with zero attached hydrogens (tertiary/aromatic N) is 5. The molecule has 4 rings (SSSR count). The fourth-order valence-corrected chi connectivity index (χ4v) is 4.47. The number of halogens is 1. The summed E-state index contributed by atoms with van der Waals surface area (Å²) in [6, 6.07) is 3.93. The van der Waals surface area contributed by atoms with Crippen LogP contribution in [0.25, 0.3) is 11.0 Å². The molecule has 0 saturated carbocycles. The number of piperazine rings is 1. The Morgan fingerprint density at radius 3 is 2.59 bits per heavy atom. The van der Waals surface area contributed by atoms with Crippen LogP contribution in [0, 0.1) is 23.6 Å². The van der Waals surface area contributed by atoms with Gasteiger partial charge in [-0.1, -0.05) is 13.8 Å². The normalized spacial score (nSPS) is 18.0. The van der Waals surface area contributed by atoms with Gasteiger partial charge in [-0.3, -0.25) is 9.69 Å². The van der Waals surface area contributed by atoms with E-state index in [0.29, 0.717) is 29.2 Å². The lowest BCUT2D eigenvalue weighted by atomic mass is 10.1. The lowest BCUT2D eigenvalue weighted by molar-refractivity contribution is 0.0487. The molecule has 2 aliphatic heterocycles. The van der Waals surface area contributed by atoms with E-state index in [-0.39, 0.29) is 30.1 Å². The van der Waals surface area contributed by atoms with E-state index in [0.717, 1.165) is 39.3 Å². The highest BCUT2D eigenvalue weighted by Crippen LogP contribution is 2.30. The molecule has 1 aromatic carbocycles. The topological polar surface area (TPSA) is 53.8 Å². The van der Waals surface area contributed by atoms with Gasteiger partial charge in [-0.05, 0) is 13.1 Å². The second-order valence-corrected chi connectivity index (χ2v) is 8.99. The Morgan fingerprint density at radius 1 is 1.25 bits per heavy atom. The fraction of sp³-hybridized carbons (Fsp3) is 0.583. The van der Waals surface area contributed by atoms with Crippen molar-refractivity contribution < 1.29 is 13.9 Å². The van der Waals surface area contributed by atoms with E-state index >= 15 is 4.39 Å². The summed E-state index contributed by atoms with van der Waals surface area (Å²) in [5.74, 6) is 5.90. The van der Waals surface area contributed by atoms with Crippen LogP contribution in [-0.4, -0.2) is 84.7 Å². The molecule has 2 fully saturated rings. The summed E-state index contributed by atoms with van der Waals surface area (Å²) in [6.45, 7) is 9.56. The van der Waals surface area contributed by atoms with E-state index in [9.17, 15) is 4.79 Å². The first kappa shape index (κ1) is 22.6. The highest BCUT2D eigenvalue weighted by atomic mass is 19.1. The van der Waals surface area contributed by atoms with Crippen LogP contribution in [-0.2, 0) is 0 Å². The van der Waals surface area contributed by atoms with Crippen molar-refractivity contribution in [2.24, 2.45) is 5.92 Å². The predicted molar refractivity (Wildman–Crippen MR) is 124 cm³/mol. The number of rotatable bonds is 5. The standard InChI is InChI=1S/C24H32FN5O2/c1-17(2)7-5-6-8-23(31)30-22-14-21(19(25)13-20(22)26-24(30)32-4)29-11-9-28(10-12-29)18-15-27(3)16-18/h13-14,17-18H,6,8-12,15-16H2,1-4H3. The van der Waals surface area contributed by atoms with Gasteiger partial charge in [-0.25, -0.2) is 8.96 Å². The minimum Gasteiger partial charge on any atom is -0.468 e. The molecule has 1 aromatic heterocycles. The van der Waals surface area contributed by atoms with Crippen molar-refractivity contribution >= 4 is 22.6 Å². The number of methoxy groups -OCH3 is 1. The third kappa shape index (κ3) is 4.59. The zero-order chi connectivity index (χ0) is 22.8. The van der Waals surface area contributed by atoms with Crippen molar-refractivity contribution in [1.82, 2.24) is 19.4 Å². The SMILES string of the molecule is COc1nc2cc(F)c(N3CCN(C4CN(C)C4)CC3)cc2n1C(=O)CCC#CC(C)C. The molecule has 0 atom stereocenters. The molecule has 0 radical (unpaired) electrons. The van der Waals surface area contributed by atoms with Crippen molar-refractivity contribution in [1.29, 1.82) is 0 Å². The Labute approximate surface area is 189 Å². The molecular weight excluding hydrogens is 409 g/mol. The van der Waals surface area contributed by atoms with Gasteiger partial charge in [-0.2, -0.15) is 4.98 Å². The molecule has 7 nitrogen and oxygen atoms in total. The average Bonchev–Trinajstić information content (AvgIpc) is 3.11. The summed E-state index contributed by atoms with van der Waals surface area (Å²) in [5, 5.41) is 0. The predicted octanol–water partition coefficient (Wildman–Crippen LogP) is 2.70. The number of likely N-dealkylation sites (N-methyl/N-ethyl adjacent to an activating group) is 1. The van der Waals surface area contributed by atoms with E-state index in [4.69, 9.17) is 4.74 Å². The maximum Gasteiger partial charge on any atom is 0.304 e. The van der Waals surface area contributed by atoms with Gasteiger partial charge in [0.15, 0.2) is 0 Å². The molecule has 0 bridgehead atoms. The monoisotopic (exact) mass is 441 g/mol. The molecule has 2 aromatic rings. The molecule has 8 heteroatoms. The van der Waals surface area contributed by atoms with E-state index < -0.39 is 0 Å². The van der Waals surface area contributed by atoms with Crippen LogP contribution in [0.4, 0.5) is 10.1 Å². The van der Waals surface area contributed by atoms with Gasteiger partial charge in [0.2, 0.25) is 5.91 Å². The molecule has 32 heavy (non-hydrogen) atoms.